The Kier molecular flexibility index (Phi) is 5.52. The molecule has 1 aliphatic carbocycles. The highest BCUT2D eigenvalue weighted by Gasteiger charge is 2.34. The van der Waals surface area contributed by atoms with Gasteiger partial charge in [0.05, 0.1) is 11.6 Å². The van der Waals surface area contributed by atoms with Crippen molar-refractivity contribution in [3.63, 3.8) is 0 Å². The molecule has 0 radical (unpaired) electrons. The summed E-state index contributed by atoms with van der Waals surface area (Å²) in [4.78, 5) is 6.96. The second-order valence-electron chi connectivity index (χ2n) is 7.21. The number of aromatic nitrogens is 1. The molecular weight excluding hydrogens is 296 g/mol. The molecule has 1 aromatic carbocycles. The van der Waals surface area contributed by atoms with Gasteiger partial charge in [-0.25, -0.2) is 0 Å². The maximum Gasteiger partial charge on any atom is 0.0828 e. The van der Waals surface area contributed by atoms with Crippen LogP contribution < -0.4 is 0 Å². The molecule has 24 heavy (non-hydrogen) atoms. The molecule has 1 saturated carbocycles. The third kappa shape index (κ3) is 3.47. The number of benzene rings is 1. The Labute approximate surface area is 145 Å². The summed E-state index contributed by atoms with van der Waals surface area (Å²) < 4.78 is 0. The summed E-state index contributed by atoms with van der Waals surface area (Å²) in [5.74, 6) is 0.949. The van der Waals surface area contributed by atoms with Crippen LogP contribution in [-0.2, 0) is 0 Å². The topological polar surface area (TPSA) is 36.4 Å². The van der Waals surface area contributed by atoms with E-state index in [-0.39, 0.29) is 6.10 Å². The van der Waals surface area contributed by atoms with E-state index in [2.05, 4.69) is 48.9 Å². The van der Waals surface area contributed by atoms with Crippen LogP contribution in [0.3, 0.4) is 0 Å². The lowest BCUT2D eigenvalue weighted by atomic mass is 9.85. The fourth-order valence-electron chi connectivity index (χ4n) is 4.29. The normalized spacial score (nSPS) is 22.4. The van der Waals surface area contributed by atoms with Crippen LogP contribution in [-0.4, -0.2) is 34.6 Å². The maximum atomic E-state index is 11.2. The maximum absolute atomic E-state index is 11.2. The van der Waals surface area contributed by atoms with Crippen LogP contribution >= 0.6 is 0 Å². The van der Waals surface area contributed by atoms with Crippen LogP contribution in [0.2, 0.25) is 0 Å². The van der Waals surface area contributed by atoms with Gasteiger partial charge in [-0.3, -0.25) is 4.98 Å². The molecule has 1 N–H and O–H groups in total. The van der Waals surface area contributed by atoms with Crippen LogP contribution in [0.15, 0.2) is 30.5 Å². The van der Waals surface area contributed by atoms with Gasteiger partial charge in [-0.05, 0) is 68.5 Å². The van der Waals surface area contributed by atoms with Crippen LogP contribution in [0.4, 0.5) is 0 Å². The molecule has 3 nitrogen and oxygen atoms in total. The standard InChI is InChI=1S/C21H30N2O/c1-4-23(5-2)14-16-7-6-8-17(16)21(24)18-11-12-22-20-10-9-15(3)13-19(18)20/h9-13,16-17,21,24H,4-8,14H2,1-3H3. The first-order chi connectivity index (χ1) is 11.6. The minimum Gasteiger partial charge on any atom is -0.388 e. The van der Waals surface area contributed by atoms with E-state index in [1.807, 2.05) is 12.3 Å². The van der Waals surface area contributed by atoms with Crippen molar-refractivity contribution in [1.82, 2.24) is 9.88 Å². The summed E-state index contributed by atoms with van der Waals surface area (Å²) in [6.45, 7) is 9.84. The lowest BCUT2D eigenvalue weighted by molar-refractivity contribution is 0.0734. The molecule has 2 aromatic rings. The second kappa shape index (κ2) is 7.62. The first-order valence-corrected chi connectivity index (χ1v) is 9.39. The van der Waals surface area contributed by atoms with E-state index >= 15 is 0 Å². The van der Waals surface area contributed by atoms with Crippen LogP contribution in [0, 0.1) is 18.8 Å². The SMILES string of the molecule is CCN(CC)CC1CCCC1C(O)c1ccnc2ccc(C)cc12. The van der Waals surface area contributed by atoms with E-state index in [0.29, 0.717) is 11.8 Å². The monoisotopic (exact) mass is 326 g/mol. The van der Waals surface area contributed by atoms with E-state index in [1.165, 1.54) is 18.4 Å². The van der Waals surface area contributed by atoms with Crippen molar-refractivity contribution in [3.05, 3.63) is 41.6 Å². The van der Waals surface area contributed by atoms with Crippen molar-refractivity contribution >= 4 is 10.9 Å². The van der Waals surface area contributed by atoms with Gasteiger partial charge in [0.25, 0.3) is 0 Å². The predicted molar refractivity (Wildman–Crippen MR) is 100 cm³/mol. The zero-order valence-electron chi connectivity index (χ0n) is 15.2. The molecule has 0 spiro atoms. The van der Waals surface area contributed by atoms with Gasteiger partial charge in [-0.2, -0.15) is 0 Å². The number of nitrogens with zero attached hydrogens (tertiary/aromatic N) is 2. The Balaban J connectivity index is 1.88. The summed E-state index contributed by atoms with van der Waals surface area (Å²) >= 11 is 0. The molecule has 3 atom stereocenters. The third-order valence-corrected chi connectivity index (χ3v) is 5.76. The summed E-state index contributed by atoms with van der Waals surface area (Å²) in [5.41, 5.74) is 3.26. The van der Waals surface area contributed by atoms with Gasteiger partial charge in [0.1, 0.15) is 0 Å². The highest BCUT2D eigenvalue weighted by atomic mass is 16.3. The van der Waals surface area contributed by atoms with Gasteiger partial charge >= 0.3 is 0 Å². The number of fused-ring (bicyclic) bond motifs is 1. The van der Waals surface area contributed by atoms with E-state index in [4.69, 9.17) is 0 Å². The van der Waals surface area contributed by atoms with Gasteiger partial charge in [-0.15, -0.1) is 0 Å². The molecule has 3 rings (SSSR count). The van der Waals surface area contributed by atoms with Crippen molar-refractivity contribution < 1.29 is 5.11 Å². The number of aliphatic hydroxyl groups is 1. The quantitative estimate of drug-likeness (QED) is 0.858. The summed E-state index contributed by atoms with van der Waals surface area (Å²) in [6.07, 6.45) is 5.05. The molecule has 1 aliphatic rings. The van der Waals surface area contributed by atoms with Gasteiger partial charge < -0.3 is 10.0 Å². The van der Waals surface area contributed by atoms with E-state index in [1.54, 1.807) is 0 Å². The van der Waals surface area contributed by atoms with Gasteiger partial charge in [0, 0.05) is 18.1 Å². The number of aryl methyl sites for hydroxylation is 1. The number of aliphatic hydroxyl groups excluding tert-OH is 1. The Hall–Kier alpha value is -1.45. The van der Waals surface area contributed by atoms with Crippen molar-refractivity contribution in [2.75, 3.05) is 19.6 Å². The molecule has 0 saturated heterocycles. The Morgan fingerprint density at radius 2 is 2.00 bits per heavy atom. The number of hydrogen-bond acceptors (Lipinski definition) is 3. The average Bonchev–Trinajstić information content (AvgIpc) is 3.06. The summed E-state index contributed by atoms with van der Waals surface area (Å²) in [5, 5.41) is 12.3. The average molecular weight is 326 g/mol. The van der Waals surface area contributed by atoms with E-state index in [0.717, 1.165) is 42.5 Å². The van der Waals surface area contributed by atoms with Crippen molar-refractivity contribution in [2.24, 2.45) is 11.8 Å². The zero-order valence-corrected chi connectivity index (χ0v) is 15.2. The van der Waals surface area contributed by atoms with E-state index < -0.39 is 0 Å². The zero-order chi connectivity index (χ0) is 17.1. The van der Waals surface area contributed by atoms with Crippen molar-refractivity contribution in [1.29, 1.82) is 0 Å². The smallest absolute Gasteiger partial charge is 0.0828 e. The molecule has 3 heteroatoms. The van der Waals surface area contributed by atoms with E-state index in [9.17, 15) is 5.11 Å². The lowest BCUT2D eigenvalue weighted by Gasteiger charge is -2.30. The molecule has 0 bridgehead atoms. The molecule has 1 fully saturated rings. The van der Waals surface area contributed by atoms with Crippen LogP contribution in [0.1, 0.15) is 50.3 Å². The Bertz CT molecular complexity index is 681. The number of pyridine rings is 1. The number of hydrogen-bond donors (Lipinski definition) is 1. The molecule has 1 aromatic heterocycles. The number of rotatable bonds is 6. The highest BCUT2D eigenvalue weighted by Crippen LogP contribution is 2.42. The largest absolute Gasteiger partial charge is 0.388 e. The minimum atomic E-state index is -0.389. The Morgan fingerprint density at radius 3 is 2.75 bits per heavy atom. The Morgan fingerprint density at radius 1 is 1.21 bits per heavy atom. The molecule has 1 heterocycles. The first kappa shape index (κ1) is 17.4. The van der Waals surface area contributed by atoms with Gasteiger partial charge in [0.15, 0.2) is 0 Å². The molecule has 130 valence electrons. The fourth-order valence-corrected chi connectivity index (χ4v) is 4.29. The van der Waals surface area contributed by atoms with Crippen LogP contribution in [0.25, 0.3) is 10.9 Å². The van der Waals surface area contributed by atoms with Crippen molar-refractivity contribution in [2.45, 2.75) is 46.1 Å². The predicted octanol–water partition coefficient (Wildman–Crippen LogP) is 4.33. The second-order valence-corrected chi connectivity index (χ2v) is 7.21. The summed E-state index contributed by atoms with van der Waals surface area (Å²) in [7, 11) is 0. The molecular formula is C21H30N2O. The highest BCUT2D eigenvalue weighted by molar-refractivity contribution is 5.83. The fraction of sp³-hybridized carbons (Fsp3) is 0.571. The summed E-state index contributed by atoms with van der Waals surface area (Å²) in [6, 6.07) is 8.32. The van der Waals surface area contributed by atoms with Gasteiger partial charge in [0.2, 0.25) is 0 Å². The molecule has 0 amide bonds. The van der Waals surface area contributed by atoms with Crippen LogP contribution in [0.5, 0.6) is 0 Å². The lowest BCUT2D eigenvalue weighted by Crippen LogP contribution is -2.32. The van der Waals surface area contributed by atoms with Crippen molar-refractivity contribution in [3.8, 4) is 0 Å². The third-order valence-electron chi connectivity index (χ3n) is 5.76. The van der Waals surface area contributed by atoms with Gasteiger partial charge in [-0.1, -0.05) is 31.9 Å². The minimum absolute atomic E-state index is 0.358. The molecule has 0 aliphatic heterocycles. The molecule has 3 unspecified atom stereocenters. The first-order valence-electron chi connectivity index (χ1n) is 9.39.